The van der Waals surface area contributed by atoms with Gasteiger partial charge in [0, 0.05) is 4.53 Å². The first-order valence-electron chi connectivity index (χ1n) is 3.49. The van der Waals surface area contributed by atoms with Crippen LogP contribution in [0.5, 0.6) is 5.75 Å². The van der Waals surface area contributed by atoms with Gasteiger partial charge in [-0.3, -0.25) is 4.94 Å². The molecular weight excluding hydrogens is 240 g/mol. The van der Waals surface area contributed by atoms with Crippen LogP contribution in [0.4, 0.5) is 17.7 Å². The molecule has 0 aliphatic carbocycles. The highest BCUT2D eigenvalue weighted by atomic mass is 32.2. The molecule has 8 heteroatoms. The number of sulfone groups is 1. The maximum atomic E-state index is 12.0. The summed E-state index contributed by atoms with van der Waals surface area (Å²) in [6.45, 7) is 0. The van der Waals surface area contributed by atoms with Gasteiger partial charge in [0.1, 0.15) is 0 Å². The van der Waals surface area contributed by atoms with Gasteiger partial charge < -0.3 is 0 Å². The van der Waals surface area contributed by atoms with E-state index >= 15 is 0 Å². The van der Waals surface area contributed by atoms with Crippen LogP contribution in [0, 0.1) is 0 Å². The lowest BCUT2D eigenvalue weighted by Crippen LogP contribution is -2.23. The molecule has 0 saturated carbocycles. The molecule has 0 bridgehead atoms. The predicted octanol–water partition coefficient (Wildman–Crippen LogP) is 2.24. The number of hydrogen-bond donors (Lipinski definition) is 0. The van der Waals surface area contributed by atoms with E-state index in [9.17, 15) is 26.1 Å². The quantitative estimate of drug-likeness (QED) is 0.749. The normalized spacial score (nSPS) is 12.5. The van der Waals surface area contributed by atoms with Gasteiger partial charge in [-0.25, -0.2) is 8.42 Å². The summed E-state index contributed by atoms with van der Waals surface area (Å²) in [4.78, 5) is 2.23. The maximum absolute atomic E-state index is 12.0. The molecule has 0 amide bonds. The van der Waals surface area contributed by atoms with Crippen LogP contribution in [0.2, 0.25) is 0 Å². The molecule has 0 N–H and O–H groups in total. The summed E-state index contributed by atoms with van der Waals surface area (Å²) in [7, 11) is -5.38. The standard InChI is InChI=1S/C7H4F4O3S/c8-7(9,10)15(12,13)6-3-1-5(14-11)2-4-6/h1-4H. The van der Waals surface area contributed by atoms with Crippen molar-refractivity contribution in [1.29, 1.82) is 0 Å². The first-order valence-corrected chi connectivity index (χ1v) is 4.97. The number of rotatable bonds is 2. The smallest absolute Gasteiger partial charge is 0.294 e. The zero-order valence-electron chi connectivity index (χ0n) is 6.95. The van der Waals surface area contributed by atoms with Crippen molar-refractivity contribution in [2.75, 3.05) is 0 Å². The molecule has 0 saturated heterocycles. The fraction of sp³-hybridized carbons (Fsp3) is 0.143. The molecule has 3 nitrogen and oxygen atoms in total. The third kappa shape index (κ3) is 2.20. The Morgan fingerprint density at radius 2 is 1.53 bits per heavy atom. The molecule has 84 valence electrons. The molecule has 0 spiro atoms. The Morgan fingerprint density at radius 3 is 1.87 bits per heavy atom. The molecule has 0 aliphatic heterocycles. The van der Waals surface area contributed by atoms with E-state index in [1.54, 1.807) is 0 Å². The molecular formula is C7H4F4O3S. The summed E-state index contributed by atoms with van der Waals surface area (Å²) in [6.07, 6.45) is 0. The van der Waals surface area contributed by atoms with E-state index in [0.29, 0.717) is 12.1 Å². The Hall–Kier alpha value is -1.31. The fourth-order valence-electron chi connectivity index (χ4n) is 0.804. The minimum atomic E-state index is -5.38. The topological polar surface area (TPSA) is 43.4 Å². The van der Waals surface area contributed by atoms with E-state index in [0.717, 1.165) is 12.1 Å². The Bertz CT molecular complexity index is 434. The van der Waals surface area contributed by atoms with Crippen molar-refractivity contribution in [1.82, 2.24) is 0 Å². The van der Waals surface area contributed by atoms with Crippen LogP contribution < -0.4 is 4.94 Å². The number of alkyl halides is 3. The maximum Gasteiger partial charge on any atom is 0.501 e. The summed E-state index contributed by atoms with van der Waals surface area (Å²) < 4.78 is 69.1. The highest BCUT2D eigenvalue weighted by Crippen LogP contribution is 2.30. The largest absolute Gasteiger partial charge is 0.501 e. The molecule has 0 heterocycles. The van der Waals surface area contributed by atoms with Gasteiger partial charge >= 0.3 is 5.51 Å². The van der Waals surface area contributed by atoms with Crippen LogP contribution in [0.3, 0.4) is 0 Å². The summed E-state index contributed by atoms with van der Waals surface area (Å²) in [5, 5.41) is 0. The third-order valence-corrected chi connectivity index (χ3v) is 3.03. The van der Waals surface area contributed by atoms with Crippen molar-refractivity contribution in [3.63, 3.8) is 0 Å². The molecule has 0 aliphatic rings. The first-order chi connectivity index (χ1) is 6.79. The van der Waals surface area contributed by atoms with Gasteiger partial charge in [0.2, 0.25) is 0 Å². The van der Waals surface area contributed by atoms with E-state index in [1.165, 1.54) is 0 Å². The van der Waals surface area contributed by atoms with Gasteiger partial charge in [-0.05, 0) is 24.3 Å². The molecule has 1 aromatic rings. The highest BCUT2D eigenvalue weighted by Gasteiger charge is 2.46. The van der Waals surface area contributed by atoms with Crippen molar-refractivity contribution in [3.05, 3.63) is 24.3 Å². The van der Waals surface area contributed by atoms with Crippen molar-refractivity contribution >= 4 is 9.84 Å². The predicted molar refractivity (Wildman–Crippen MR) is 41.4 cm³/mol. The lowest BCUT2D eigenvalue weighted by Gasteiger charge is -2.07. The fourth-order valence-corrected chi connectivity index (χ4v) is 1.57. The minimum absolute atomic E-state index is 0.379. The molecule has 0 atom stereocenters. The van der Waals surface area contributed by atoms with E-state index in [1.807, 2.05) is 0 Å². The SMILES string of the molecule is O=S(=O)(c1ccc(OF)cc1)C(F)(F)F. The van der Waals surface area contributed by atoms with Gasteiger partial charge in [0.05, 0.1) is 4.90 Å². The van der Waals surface area contributed by atoms with Crippen molar-refractivity contribution in [2.45, 2.75) is 10.4 Å². The average Bonchev–Trinajstić information content (AvgIpc) is 2.16. The first kappa shape index (κ1) is 11.8. The van der Waals surface area contributed by atoms with Crippen LogP contribution in [0.1, 0.15) is 0 Å². The van der Waals surface area contributed by atoms with Gasteiger partial charge in [-0.1, -0.05) is 0 Å². The second-order valence-corrected chi connectivity index (χ2v) is 4.44. The van der Waals surface area contributed by atoms with Crippen molar-refractivity contribution < 1.29 is 31.1 Å². The molecule has 1 rings (SSSR count). The lowest BCUT2D eigenvalue weighted by molar-refractivity contribution is -0.0436. The van der Waals surface area contributed by atoms with Crippen LogP contribution in [-0.4, -0.2) is 13.9 Å². The molecule has 0 radical (unpaired) electrons. The van der Waals surface area contributed by atoms with E-state index in [4.69, 9.17) is 0 Å². The third-order valence-electron chi connectivity index (χ3n) is 1.53. The highest BCUT2D eigenvalue weighted by molar-refractivity contribution is 7.92. The summed E-state index contributed by atoms with van der Waals surface area (Å²) in [5.74, 6) is -0.379. The second kappa shape index (κ2) is 3.69. The molecule has 0 unspecified atom stereocenters. The van der Waals surface area contributed by atoms with Crippen LogP contribution >= 0.6 is 0 Å². The Kier molecular flexibility index (Phi) is 2.89. The number of benzene rings is 1. The molecule has 0 fully saturated rings. The zero-order valence-corrected chi connectivity index (χ0v) is 7.77. The zero-order chi connectivity index (χ0) is 11.7. The monoisotopic (exact) mass is 244 g/mol. The lowest BCUT2D eigenvalue weighted by atomic mass is 10.3. The van der Waals surface area contributed by atoms with Crippen LogP contribution in [-0.2, 0) is 9.84 Å². The second-order valence-electron chi connectivity index (χ2n) is 2.50. The van der Waals surface area contributed by atoms with Gasteiger partial charge in [0.25, 0.3) is 9.84 Å². The molecule has 1 aromatic carbocycles. The summed E-state index contributed by atoms with van der Waals surface area (Å²) >= 11 is 0. The minimum Gasteiger partial charge on any atom is -0.294 e. The number of hydrogen-bond acceptors (Lipinski definition) is 3. The van der Waals surface area contributed by atoms with Crippen molar-refractivity contribution in [2.24, 2.45) is 0 Å². The summed E-state index contributed by atoms with van der Waals surface area (Å²) in [6, 6.07) is 2.77. The van der Waals surface area contributed by atoms with Gasteiger partial charge in [-0.15, -0.1) is 0 Å². The molecule has 15 heavy (non-hydrogen) atoms. The Labute approximate surface area is 82.1 Å². The molecule has 0 aromatic heterocycles. The van der Waals surface area contributed by atoms with Crippen LogP contribution in [0.25, 0.3) is 0 Å². The van der Waals surface area contributed by atoms with Crippen LogP contribution in [0.15, 0.2) is 29.2 Å². The average molecular weight is 244 g/mol. The van der Waals surface area contributed by atoms with E-state index in [2.05, 4.69) is 4.94 Å². The van der Waals surface area contributed by atoms with Gasteiger partial charge in [-0.2, -0.15) is 13.2 Å². The Morgan fingerprint density at radius 1 is 1.07 bits per heavy atom. The Balaban J connectivity index is 3.18. The van der Waals surface area contributed by atoms with E-state index in [-0.39, 0.29) is 5.75 Å². The van der Waals surface area contributed by atoms with E-state index < -0.39 is 20.2 Å². The van der Waals surface area contributed by atoms with Crippen molar-refractivity contribution in [3.8, 4) is 5.75 Å². The van der Waals surface area contributed by atoms with Gasteiger partial charge in [0.15, 0.2) is 5.75 Å². The summed E-state index contributed by atoms with van der Waals surface area (Å²) in [5.41, 5.74) is -5.37. The number of halogens is 4.